The molecule has 0 spiro atoms. The molecule has 0 fully saturated rings. The molecule has 0 aliphatic carbocycles. The van der Waals surface area contributed by atoms with Crippen molar-refractivity contribution in [2.45, 2.75) is 6.92 Å². The van der Waals surface area contributed by atoms with Crippen molar-refractivity contribution in [3.8, 4) is 5.75 Å². The van der Waals surface area contributed by atoms with Gasteiger partial charge in [-0.05, 0) is 24.6 Å². The van der Waals surface area contributed by atoms with Crippen molar-refractivity contribution in [3.05, 3.63) is 22.7 Å². The highest BCUT2D eigenvalue weighted by Gasteiger charge is 2.09. The number of ether oxygens (including phenoxy) is 1. The smallest absolute Gasteiger partial charge is 0.139 e. The Balaban J connectivity index is 3.09. The third-order valence-electron chi connectivity index (χ3n) is 2.23. The van der Waals surface area contributed by atoms with Gasteiger partial charge < -0.3 is 14.4 Å². The molecule has 82 valence electrons. The van der Waals surface area contributed by atoms with Crippen LogP contribution in [0.2, 0.25) is 5.02 Å². The Hall–Kier alpha value is -1.22. The van der Waals surface area contributed by atoms with Crippen molar-refractivity contribution in [2.24, 2.45) is 0 Å². The van der Waals surface area contributed by atoms with Crippen LogP contribution in [0.25, 0.3) is 0 Å². The minimum Gasteiger partial charge on any atom is -0.495 e. The number of aldehydes is 1. The maximum atomic E-state index is 10.4. The van der Waals surface area contributed by atoms with E-state index >= 15 is 0 Å². The van der Waals surface area contributed by atoms with E-state index < -0.39 is 0 Å². The predicted molar refractivity (Wildman–Crippen MR) is 62.1 cm³/mol. The summed E-state index contributed by atoms with van der Waals surface area (Å²) in [7, 11) is 3.43. The molecule has 0 unspecified atom stereocenters. The molecule has 0 N–H and O–H groups in total. The number of methoxy groups -OCH3 is 1. The fourth-order valence-electron chi connectivity index (χ4n) is 1.42. The lowest BCUT2D eigenvalue weighted by Crippen LogP contribution is -2.20. The molecule has 0 amide bonds. The molecule has 4 heteroatoms. The minimum absolute atomic E-state index is 0.351. The molecule has 0 saturated heterocycles. The van der Waals surface area contributed by atoms with E-state index in [0.29, 0.717) is 17.3 Å². The number of benzene rings is 1. The van der Waals surface area contributed by atoms with E-state index in [4.69, 9.17) is 16.3 Å². The van der Waals surface area contributed by atoms with Crippen molar-refractivity contribution < 1.29 is 9.53 Å². The molecule has 0 heterocycles. The normalized spacial score (nSPS) is 9.87. The van der Waals surface area contributed by atoms with Crippen molar-refractivity contribution in [3.63, 3.8) is 0 Å². The zero-order chi connectivity index (χ0) is 11.4. The molecular formula is C11H14ClNO2. The molecule has 0 aliphatic rings. The van der Waals surface area contributed by atoms with Gasteiger partial charge in [0.2, 0.25) is 0 Å². The van der Waals surface area contributed by atoms with Crippen LogP contribution in [0.5, 0.6) is 5.75 Å². The summed E-state index contributed by atoms with van der Waals surface area (Å²) in [5.41, 5.74) is 1.97. The molecule has 0 bridgehead atoms. The van der Waals surface area contributed by atoms with Crippen LogP contribution in [0.4, 0.5) is 5.69 Å². The summed E-state index contributed by atoms with van der Waals surface area (Å²) in [5.74, 6) is 0.650. The van der Waals surface area contributed by atoms with Crippen molar-refractivity contribution in [1.29, 1.82) is 0 Å². The van der Waals surface area contributed by atoms with Gasteiger partial charge in [-0.2, -0.15) is 0 Å². The number of aryl methyl sites for hydroxylation is 1. The first-order valence-electron chi connectivity index (χ1n) is 4.59. The highest BCUT2D eigenvalue weighted by molar-refractivity contribution is 6.32. The third-order valence-corrected chi connectivity index (χ3v) is 2.53. The molecule has 1 rings (SSSR count). The summed E-state index contributed by atoms with van der Waals surface area (Å²) in [4.78, 5) is 12.2. The topological polar surface area (TPSA) is 29.5 Å². The molecule has 0 saturated carbocycles. The van der Waals surface area contributed by atoms with Gasteiger partial charge in [-0.3, -0.25) is 0 Å². The van der Waals surface area contributed by atoms with E-state index in [1.807, 2.05) is 24.9 Å². The predicted octanol–water partition coefficient (Wildman–Crippen LogP) is 2.29. The Morgan fingerprint density at radius 3 is 2.73 bits per heavy atom. The third kappa shape index (κ3) is 2.63. The Morgan fingerprint density at radius 1 is 1.53 bits per heavy atom. The van der Waals surface area contributed by atoms with Crippen LogP contribution in [-0.2, 0) is 4.79 Å². The second-order valence-corrected chi connectivity index (χ2v) is 3.73. The highest BCUT2D eigenvalue weighted by Crippen LogP contribution is 2.31. The average molecular weight is 228 g/mol. The number of hydrogen-bond acceptors (Lipinski definition) is 3. The van der Waals surface area contributed by atoms with Crippen LogP contribution in [0.3, 0.4) is 0 Å². The van der Waals surface area contributed by atoms with Crippen molar-refractivity contribution >= 4 is 23.6 Å². The molecule has 0 aliphatic heterocycles. The van der Waals surface area contributed by atoms with Gasteiger partial charge in [0.1, 0.15) is 12.0 Å². The van der Waals surface area contributed by atoms with Crippen molar-refractivity contribution in [1.82, 2.24) is 0 Å². The molecule has 0 atom stereocenters. The minimum atomic E-state index is 0.351. The first kappa shape index (κ1) is 11.9. The second kappa shape index (κ2) is 5.03. The fraction of sp³-hybridized carbons (Fsp3) is 0.364. The lowest BCUT2D eigenvalue weighted by atomic mass is 10.1. The van der Waals surface area contributed by atoms with Gasteiger partial charge in [0.25, 0.3) is 0 Å². The van der Waals surface area contributed by atoms with Crippen molar-refractivity contribution in [2.75, 3.05) is 25.6 Å². The number of rotatable bonds is 4. The number of anilines is 1. The Bertz CT molecular complexity index is 366. The zero-order valence-corrected chi connectivity index (χ0v) is 9.84. The maximum absolute atomic E-state index is 10.4. The number of carbonyl (C=O) groups excluding carboxylic acids is 1. The summed E-state index contributed by atoms with van der Waals surface area (Å²) in [5, 5.41) is 0.552. The summed E-state index contributed by atoms with van der Waals surface area (Å²) >= 11 is 6.01. The first-order chi connectivity index (χ1) is 7.10. The Labute approximate surface area is 94.6 Å². The van der Waals surface area contributed by atoms with Gasteiger partial charge in [-0.1, -0.05) is 11.6 Å². The lowest BCUT2D eigenvalue weighted by molar-refractivity contribution is -0.106. The van der Waals surface area contributed by atoms with Gasteiger partial charge in [0, 0.05) is 12.7 Å². The summed E-state index contributed by atoms with van der Waals surface area (Å²) < 4.78 is 5.10. The average Bonchev–Trinajstić information content (AvgIpc) is 2.21. The van der Waals surface area contributed by atoms with E-state index in [2.05, 4.69) is 0 Å². The Morgan fingerprint density at radius 2 is 2.20 bits per heavy atom. The lowest BCUT2D eigenvalue weighted by Gasteiger charge is -2.19. The van der Waals surface area contributed by atoms with Gasteiger partial charge in [0.05, 0.1) is 18.7 Å². The molecular weight excluding hydrogens is 214 g/mol. The maximum Gasteiger partial charge on any atom is 0.139 e. The quantitative estimate of drug-likeness (QED) is 0.740. The molecule has 0 radical (unpaired) electrons. The van der Waals surface area contributed by atoms with Gasteiger partial charge in [-0.25, -0.2) is 0 Å². The molecule has 1 aromatic carbocycles. The highest BCUT2D eigenvalue weighted by atomic mass is 35.5. The number of carbonyl (C=O) groups is 1. The van der Waals surface area contributed by atoms with E-state index in [9.17, 15) is 4.79 Å². The first-order valence-corrected chi connectivity index (χ1v) is 4.97. The van der Waals surface area contributed by atoms with Crippen LogP contribution in [0.1, 0.15) is 5.56 Å². The van der Waals surface area contributed by atoms with Gasteiger partial charge in [-0.15, -0.1) is 0 Å². The molecule has 0 aromatic heterocycles. The van der Waals surface area contributed by atoms with E-state index in [0.717, 1.165) is 17.5 Å². The van der Waals surface area contributed by atoms with Gasteiger partial charge in [0.15, 0.2) is 0 Å². The molecule has 3 nitrogen and oxygen atoms in total. The zero-order valence-electron chi connectivity index (χ0n) is 9.08. The van der Waals surface area contributed by atoms with Crippen LogP contribution < -0.4 is 9.64 Å². The second-order valence-electron chi connectivity index (χ2n) is 3.32. The summed E-state index contributed by atoms with van der Waals surface area (Å²) in [6.07, 6.45) is 0.859. The molecule has 15 heavy (non-hydrogen) atoms. The summed E-state index contributed by atoms with van der Waals surface area (Å²) in [6.45, 7) is 2.30. The monoisotopic (exact) mass is 227 g/mol. The number of nitrogens with zero attached hydrogens (tertiary/aromatic N) is 1. The molecule has 1 aromatic rings. The number of likely N-dealkylation sites (N-methyl/N-ethyl adjacent to an activating group) is 1. The van der Waals surface area contributed by atoms with Crippen LogP contribution in [0, 0.1) is 6.92 Å². The van der Waals surface area contributed by atoms with E-state index in [1.54, 1.807) is 13.2 Å². The number of halogens is 1. The SMILES string of the molecule is COc1cc(C)c(N(C)CC=O)cc1Cl. The largest absolute Gasteiger partial charge is 0.495 e. The van der Waals surface area contributed by atoms with E-state index in [-0.39, 0.29) is 0 Å². The van der Waals surface area contributed by atoms with Crippen LogP contribution in [-0.4, -0.2) is 27.0 Å². The number of hydrogen-bond donors (Lipinski definition) is 0. The standard InChI is InChI=1S/C11H14ClNO2/c1-8-6-11(15-3)9(12)7-10(8)13(2)4-5-14/h5-7H,4H2,1-3H3. The van der Waals surface area contributed by atoms with Gasteiger partial charge >= 0.3 is 0 Å². The summed E-state index contributed by atoms with van der Waals surface area (Å²) in [6, 6.07) is 3.66. The fourth-order valence-corrected chi connectivity index (χ4v) is 1.66. The van der Waals surface area contributed by atoms with Crippen LogP contribution >= 0.6 is 11.6 Å². The Kier molecular flexibility index (Phi) is 3.97. The van der Waals surface area contributed by atoms with E-state index in [1.165, 1.54) is 0 Å². The van der Waals surface area contributed by atoms with Crippen LogP contribution in [0.15, 0.2) is 12.1 Å².